The number of ether oxygens (including phenoxy) is 1. The Labute approximate surface area is 237 Å². The summed E-state index contributed by atoms with van der Waals surface area (Å²) >= 11 is 8.28. The summed E-state index contributed by atoms with van der Waals surface area (Å²) in [5.41, 5.74) is 7.91. The summed E-state index contributed by atoms with van der Waals surface area (Å²) in [6.45, 7) is 8.92. The minimum absolute atomic E-state index is 0.0743. The van der Waals surface area contributed by atoms with Crippen LogP contribution in [0.2, 0.25) is 5.02 Å². The maximum Gasteiger partial charge on any atom is 0.219 e. The first-order valence-electron chi connectivity index (χ1n) is 13.4. The molecule has 0 bridgehead atoms. The number of hydrogen-bond acceptors (Lipinski definition) is 10. The number of carbonyl (C=O) groups is 1. The molecule has 6 rings (SSSR count). The van der Waals surface area contributed by atoms with Crippen molar-refractivity contribution in [1.82, 2.24) is 24.8 Å². The largest absolute Gasteiger partial charge is 0.376 e. The van der Waals surface area contributed by atoms with Crippen molar-refractivity contribution in [3.05, 3.63) is 35.6 Å². The highest BCUT2D eigenvalue weighted by Crippen LogP contribution is 2.42. The molecule has 6 heterocycles. The van der Waals surface area contributed by atoms with Crippen molar-refractivity contribution < 1.29 is 9.53 Å². The number of nitrogens with two attached hydrogens (primary N) is 1. The molecule has 3 aromatic rings. The van der Waals surface area contributed by atoms with E-state index in [-0.39, 0.29) is 23.5 Å². The van der Waals surface area contributed by atoms with Gasteiger partial charge in [0, 0.05) is 68.7 Å². The molecule has 206 valence electrons. The van der Waals surface area contributed by atoms with E-state index < -0.39 is 0 Å². The van der Waals surface area contributed by atoms with Crippen molar-refractivity contribution in [2.75, 3.05) is 55.7 Å². The van der Waals surface area contributed by atoms with Crippen LogP contribution in [0.5, 0.6) is 0 Å². The quantitative estimate of drug-likeness (QED) is 0.503. The number of piperazine rings is 1. The van der Waals surface area contributed by atoms with Gasteiger partial charge in [0.2, 0.25) is 5.91 Å². The van der Waals surface area contributed by atoms with Gasteiger partial charge in [0.1, 0.15) is 22.2 Å². The van der Waals surface area contributed by atoms with Gasteiger partial charge in [0.15, 0.2) is 5.65 Å². The van der Waals surface area contributed by atoms with E-state index in [1.165, 1.54) is 11.8 Å². The van der Waals surface area contributed by atoms with Crippen LogP contribution in [0, 0.1) is 5.41 Å². The predicted octanol–water partition coefficient (Wildman–Crippen LogP) is 3.23. The van der Waals surface area contributed by atoms with Crippen molar-refractivity contribution in [1.29, 1.82) is 0 Å². The van der Waals surface area contributed by atoms with Crippen molar-refractivity contribution >= 4 is 52.1 Å². The second-order valence-electron chi connectivity index (χ2n) is 10.7. The molecule has 1 amide bonds. The van der Waals surface area contributed by atoms with Crippen molar-refractivity contribution in [2.24, 2.45) is 11.1 Å². The van der Waals surface area contributed by atoms with Gasteiger partial charge < -0.3 is 25.2 Å². The average Bonchev–Trinajstić information content (AvgIpc) is 3.22. The molecule has 2 atom stereocenters. The van der Waals surface area contributed by atoms with E-state index >= 15 is 0 Å². The zero-order valence-corrected chi connectivity index (χ0v) is 23.8. The molecule has 2 N–H and O–H groups in total. The monoisotopic (exact) mass is 568 g/mol. The van der Waals surface area contributed by atoms with E-state index in [0.717, 1.165) is 59.6 Å². The van der Waals surface area contributed by atoms with Gasteiger partial charge in [-0.2, -0.15) is 0 Å². The second kappa shape index (κ2) is 10.7. The molecule has 3 aliphatic rings. The molecule has 3 aliphatic heterocycles. The molecular weight excluding hydrogens is 536 g/mol. The Balaban J connectivity index is 1.14. The average molecular weight is 569 g/mol. The number of anilines is 2. The molecule has 0 aliphatic carbocycles. The molecule has 12 heteroatoms. The standard InChI is InChI=1S/C27H33ClN8O2S/c1-17-24(29)27(16-38-17)6-9-35(10-7-27)21-15-31-25-19(32-21)3-4-22(33-25)39-20-5-8-30-26(23(20)28)36-13-11-34(12-14-36)18(2)37/h3-5,8,15,17,24H,6-7,9-14,16,29H2,1-2H3/t17-,24+/m0/s1. The number of carbonyl (C=O) groups excluding carboxylic acids is 1. The molecule has 3 saturated heterocycles. The summed E-state index contributed by atoms with van der Waals surface area (Å²) in [5.74, 6) is 1.70. The maximum absolute atomic E-state index is 11.7. The first-order chi connectivity index (χ1) is 18.8. The van der Waals surface area contributed by atoms with Gasteiger partial charge in [-0.05, 0) is 38.0 Å². The molecule has 0 saturated carbocycles. The normalized spacial score (nSPS) is 23.1. The fourth-order valence-corrected chi connectivity index (χ4v) is 6.95. The third-order valence-electron chi connectivity index (χ3n) is 8.37. The molecule has 3 aromatic heterocycles. The number of piperidine rings is 1. The highest BCUT2D eigenvalue weighted by molar-refractivity contribution is 7.99. The number of aromatic nitrogens is 4. The van der Waals surface area contributed by atoms with Crippen LogP contribution in [0.3, 0.4) is 0 Å². The van der Waals surface area contributed by atoms with E-state index in [4.69, 9.17) is 32.0 Å². The van der Waals surface area contributed by atoms with Gasteiger partial charge in [-0.15, -0.1) is 0 Å². The van der Waals surface area contributed by atoms with Crippen LogP contribution in [0.4, 0.5) is 11.6 Å². The Bertz CT molecular complexity index is 1380. The van der Waals surface area contributed by atoms with Crippen LogP contribution in [0.1, 0.15) is 26.7 Å². The Morgan fingerprint density at radius 2 is 1.85 bits per heavy atom. The molecule has 0 aromatic carbocycles. The zero-order valence-electron chi connectivity index (χ0n) is 22.2. The SMILES string of the molecule is CC(=O)N1CCN(c2nccc(Sc3ccc4nc(N5CCC6(CC5)CO[C@@H](C)[C@H]6N)cnc4n3)c2Cl)CC1. The van der Waals surface area contributed by atoms with Crippen molar-refractivity contribution in [3.8, 4) is 0 Å². The lowest BCUT2D eigenvalue weighted by Gasteiger charge is -2.41. The minimum Gasteiger partial charge on any atom is -0.376 e. The Hall–Kier alpha value is -2.73. The fourth-order valence-electron chi connectivity index (χ4n) is 5.80. The van der Waals surface area contributed by atoms with Crippen LogP contribution in [0.15, 0.2) is 40.5 Å². The van der Waals surface area contributed by atoms with E-state index in [1.54, 1.807) is 13.1 Å². The summed E-state index contributed by atoms with van der Waals surface area (Å²) in [6.07, 6.45) is 5.68. The van der Waals surface area contributed by atoms with Crippen LogP contribution >= 0.6 is 23.4 Å². The van der Waals surface area contributed by atoms with Crippen LogP contribution < -0.4 is 15.5 Å². The van der Waals surface area contributed by atoms with Crippen molar-refractivity contribution in [2.45, 2.75) is 48.8 Å². The fraction of sp³-hybridized carbons (Fsp3) is 0.519. The summed E-state index contributed by atoms with van der Waals surface area (Å²) < 4.78 is 5.86. The van der Waals surface area contributed by atoms with Gasteiger partial charge in [0.05, 0.1) is 23.9 Å². The molecule has 10 nitrogen and oxygen atoms in total. The summed E-state index contributed by atoms with van der Waals surface area (Å²) in [5, 5.41) is 1.38. The highest BCUT2D eigenvalue weighted by atomic mass is 35.5. The van der Waals surface area contributed by atoms with E-state index in [2.05, 4.69) is 26.7 Å². The van der Waals surface area contributed by atoms with E-state index in [9.17, 15) is 4.79 Å². The van der Waals surface area contributed by atoms with Gasteiger partial charge in [-0.25, -0.2) is 19.9 Å². The number of nitrogens with zero attached hydrogens (tertiary/aromatic N) is 7. The predicted molar refractivity (Wildman–Crippen MR) is 152 cm³/mol. The minimum atomic E-state index is 0.0743. The molecular formula is C27H33ClN8O2S. The van der Waals surface area contributed by atoms with Crippen LogP contribution in [-0.4, -0.2) is 88.8 Å². The molecule has 39 heavy (non-hydrogen) atoms. The Morgan fingerprint density at radius 1 is 1.08 bits per heavy atom. The third kappa shape index (κ3) is 5.13. The summed E-state index contributed by atoms with van der Waals surface area (Å²) in [6, 6.07) is 5.90. The van der Waals surface area contributed by atoms with Gasteiger partial charge in [0.25, 0.3) is 0 Å². The highest BCUT2D eigenvalue weighted by Gasteiger charge is 2.47. The Morgan fingerprint density at radius 3 is 2.54 bits per heavy atom. The van der Waals surface area contributed by atoms with E-state index in [0.29, 0.717) is 36.8 Å². The van der Waals surface area contributed by atoms with Crippen LogP contribution in [-0.2, 0) is 9.53 Å². The summed E-state index contributed by atoms with van der Waals surface area (Å²) in [7, 11) is 0. The second-order valence-corrected chi connectivity index (χ2v) is 12.1. The first kappa shape index (κ1) is 26.5. The van der Waals surface area contributed by atoms with Gasteiger partial charge in [-0.3, -0.25) is 4.79 Å². The van der Waals surface area contributed by atoms with E-state index in [1.807, 2.05) is 29.3 Å². The van der Waals surface area contributed by atoms with Gasteiger partial charge >= 0.3 is 0 Å². The lowest BCUT2D eigenvalue weighted by molar-refractivity contribution is -0.129. The number of fused-ring (bicyclic) bond motifs is 1. The first-order valence-corrected chi connectivity index (χ1v) is 14.6. The number of halogens is 1. The maximum atomic E-state index is 11.7. The lowest BCUT2D eigenvalue weighted by atomic mass is 9.73. The van der Waals surface area contributed by atoms with Crippen molar-refractivity contribution in [3.63, 3.8) is 0 Å². The lowest BCUT2D eigenvalue weighted by Crippen LogP contribution is -2.50. The van der Waals surface area contributed by atoms with Crippen LogP contribution in [0.25, 0.3) is 11.2 Å². The van der Waals surface area contributed by atoms with Gasteiger partial charge in [-0.1, -0.05) is 23.4 Å². The molecule has 0 unspecified atom stereocenters. The number of amides is 1. The molecule has 0 radical (unpaired) electrons. The number of pyridine rings is 2. The zero-order chi connectivity index (χ0) is 27.1. The topological polar surface area (TPSA) is 114 Å². The Kier molecular flexibility index (Phi) is 7.26. The molecule has 3 fully saturated rings. The molecule has 1 spiro atoms. The third-order valence-corrected chi connectivity index (χ3v) is 9.85. The smallest absolute Gasteiger partial charge is 0.219 e. The number of hydrogen-bond donors (Lipinski definition) is 1. The number of rotatable bonds is 4. The summed E-state index contributed by atoms with van der Waals surface area (Å²) in [4.78, 5) is 37.6.